The Morgan fingerprint density at radius 3 is 2.68 bits per heavy atom. The monoisotopic (exact) mass is 318 g/mol. The molecule has 1 heterocycles. The highest BCUT2D eigenvalue weighted by Gasteiger charge is 2.09. The third kappa shape index (κ3) is 4.12. The minimum Gasteiger partial charge on any atom is -0.346 e. The van der Waals surface area contributed by atoms with Gasteiger partial charge < -0.3 is 16.4 Å². The number of nitrogens with one attached hydrogen (secondary N) is 2. The summed E-state index contributed by atoms with van der Waals surface area (Å²) in [6.07, 6.45) is 0. The van der Waals surface area contributed by atoms with Crippen molar-refractivity contribution in [2.24, 2.45) is 5.73 Å². The van der Waals surface area contributed by atoms with E-state index in [9.17, 15) is 9.59 Å². The molecule has 2 rings (SSSR count). The van der Waals surface area contributed by atoms with Crippen molar-refractivity contribution in [1.29, 1.82) is 0 Å². The van der Waals surface area contributed by atoms with Crippen LogP contribution in [0.25, 0.3) is 11.3 Å². The van der Waals surface area contributed by atoms with E-state index < -0.39 is 0 Å². The number of amides is 2. The van der Waals surface area contributed by atoms with E-state index in [1.54, 1.807) is 0 Å². The lowest BCUT2D eigenvalue weighted by atomic mass is 10.1. The van der Waals surface area contributed by atoms with Crippen LogP contribution >= 0.6 is 11.3 Å². The average Bonchev–Trinajstić information content (AvgIpc) is 2.96. The van der Waals surface area contributed by atoms with Gasteiger partial charge in [-0.05, 0) is 31.0 Å². The zero-order valence-corrected chi connectivity index (χ0v) is 13.3. The lowest BCUT2D eigenvalue weighted by Gasteiger charge is -2.04. The Kier molecular flexibility index (Phi) is 5.24. The minimum atomic E-state index is -0.370. The van der Waals surface area contributed by atoms with E-state index in [4.69, 9.17) is 5.73 Å². The average molecular weight is 318 g/mol. The number of nitrogens with zero attached hydrogens (tertiary/aromatic N) is 1. The summed E-state index contributed by atoms with van der Waals surface area (Å²) in [6.45, 7) is 3.85. The molecule has 2 aromatic rings. The van der Waals surface area contributed by atoms with Crippen LogP contribution in [0.4, 0.5) is 5.13 Å². The summed E-state index contributed by atoms with van der Waals surface area (Å²) in [7, 11) is 0. The molecule has 4 N–H and O–H groups in total. The van der Waals surface area contributed by atoms with E-state index in [0.717, 1.165) is 11.3 Å². The van der Waals surface area contributed by atoms with Gasteiger partial charge in [-0.15, -0.1) is 11.3 Å². The summed E-state index contributed by atoms with van der Waals surface area (Å²) in [6, 6.07) is 6.12. The molecule has 0 aliphatic rings. The van der Waals surface area contributed by atoms with Gasteiger partial charge in [-0.1, -0.05) is 12.1 Å². The first-order valence-electron chi connectivity index (χ1n) is 6.79. The second-order valence-electron chi connectivity index (χ2n) is 4.87. The van der Waals surface area contributed by atoms with Crippen molar-refractivity contribution in [3.63, 3.8) is 0 Å². The molecular formula is C15H18N4O2S. The number of benzene rings is 1. The first-order valence-corrected chi connectivity index (χ1v) is 7.67. The van der Waals surface area contributed by atoms with Crippen molar-refractivity contribution in [3.05, 3.63) is 34.7 Å². The number of hydrogen-bond acceptors (Lipinski definition) is 5. The van der Waals surface area contributed by atoms with Crippen LogP contribution < -0.4 is 16.4 Å². The Balaban J connectivity index is 2.00. The molecule has 0 unspecified atom stereocenters. The molecular weight excluding hydrogens is 300 g/mol. The van der Waals surface area contributed by atoms with Crippen LogP contribution in [0, 0.1) is 13.8 Å². The number of rotatable bonds is 5. The van der Waals surface area contributed by atoms with E-state index in [-0.39, 0.29) is 24.9 Å². The highest BCUT2D eigenvalue weighted by Crippen LogP contribution is 2.26. The Hall–Kier alpha value is -2.25. The molecule has 0 fully saturated rings. The second kappa shape index (κ2) is 7.15. The summed E-state index contributed by atoms with van der Waals surface area (Å²) in [5, 5.41) is 7.44. The summed E-state index contributed by atoms with van der Waals surface area (Å²) >= 11 is 1.34. The number of hydrogen-bond donors (Lipinski definition) is 3. The maximum absolute atomic E-state index is 11.7. The lowest BCUT2D eigenvalue weighted by Crippen LogP contribution is -2.36. The van der Waals surface area contributed by atoms with Gasteiger partial charge in [0, 0.05) is 10.9 Å². The number of anilines is 1. The van der Waals surface area contributed by atoms with Crippen LogP contribution in [-0.2, 0) is 9.59 Å². The van der Waals surface area contributed by atoms with Crippen molar-refractivity contribution >= 4 is 28.3 Å². The Morgan fingerprint density at radius 2 is 2.00 bits per heavy atom. The van der Waals surface area contributed by atoms with Gasteiger partial charge >= 0.3 is 0 Å². The van der Waals surface area contributed by atoms with Gasteiger partial charge in [0.2, 0.25) is 11.8 Å². The third-order valence-electron chi connectivity index (χ3n) is 3.18. The second-order valence-corrected chi connectivity index (χ2v) is 5.72. The molecule has 1 aromatic carbocycles. The standard InChI is InChI=1S/C15H18N4O2S/c1-9-3-4-11(5-10(9)2)12-8-22-15(18-12)19-14(21)7-17-13(20)6-16/h3-5,8H,6-7,16H2,1-2H3,(H,17,20)(H,18,19,21). The predicted octanol–water partition coefficient (Wildman–Crippen LogP) is 1.44. The number of aryl methyl sites for hydroxylation is 2. The van der Waals surface area contributed by atoms with Gasteiger partial charge in [0.1, 0.15) is 0 Å². The first-order chi connectivity index (χ1) is 10.5. The van der Waals surface area contributed by atoms with E-state index in [1.165, 1.54) is 22.5 Å². The Labute approximate surface area is 132 Å². The highest BCUT2D eigenvalue weighted by molar-refractivity contribution is 7.14. The van der Waals surface area contributed by atoms with Crippen LogP contribution in [0.2, 0.25) is 0 Å². The number of nitrogens with two attached hydrogens (primary N) is 1. The van der Waals surface area contributed by atoms with Gasteiger partial charge in [-0.3, -0.25) is 9.59 Å². The molecule has 6 nitrogen and oxygen atoms in total. The molecule has 0 saturated carbocycles. The van der Waals surface area contributed by atoms with Gasteiger partial charge in [0.15, 0.2) is 5.13 Å². The van der Waals surface area contributed by atoms with Crippen LogP contribution in [0.1, 0.15) is 11.1 Å². The van der Waals surface area contributed by atoms with Crippen LogP contribution in [0.15, 0.2) is 23.6 Å². The maximum Gasteiger partial charge on any atom is 0.245 e. The van der Waals surface area contributed by atoms with Crippen LogP contribution in [0.5, 0.6) is 0 Å². The molecule has 0 bridgehead atoms. The van der Waals surface area contributed by atoms with Crippen LogP contribution in [-0.4, -0.2) is 29.9 Å². The van der Waals surface area contributed by atoms with Crippen molar-refractivity contribution in [1.82, 2.24) is 10.3 Å². The molecule has 1 aromatic heterocycles. The molecule has 2 amide bonds. The minimum absolute atomic E-state index is 0.116. The molecule has 0 atom stereocenters. The number of carbonyl (C=O) groups is 2. The van der Waals surface area contributed by atoms with Crippen molar-refractivity contribution in [2.75, 3.05) is 18.4 Å². The smallest absolute Gasteiger partial charge is 0.245 e. The molecule has 0 saturated heterocycles. The molecule has 0 radical (unpaired) electrons. The van der Waals surface area contributed by atoms with Gasteiger partial charge in [-0.25, -0.2) is 4.98 Å². The largest absolute Gasteiger partial charge is 0.346 e. The van der Waals surface area contributed by atoms with E-state index in [0.29, 0.717) is 5.13 Å². The maximum atomic E-state index is 11.7. The Bertz CT molecular complexity index is 697. The normalized spacial score (nSPS) is 10.3. The summed E-state index contributed by atoms with van der Waals surface area (Å²) < 4.78 is 0. The fourth-order valence-electron chi connectivity index (χ4n) is 1.78. The number of aromatic nitrogens is 1. The SMILES string of the molecule is Cc1ccc(-c2csc(NC(=O)CNC(=O)CN)n2)cc1C. The molecule has 22 heavy (non-hydrogen) atoms. The summed E-state index contributed by atoms with van der Waals surface area (Å²) in [4.78, 5) is 27.1. The fourth-order valence-corrected chi connectivity index (χ4v) is 2.51. The summed E-state index contributed by atoms with van der Waals surface area (Å²) in [5.74, 6) is -0.701. The van der Waals surface area contributed by atoms with Gasteiger partial charge in [-0.2, -0.15) is 0 Å². The third-order valence-corrected chi connectivity index (χ3v) is 3.94. The van der Waals surface area contributed by atoms with Crippen molar-refractivity contribution in [3.8, 4) is 11.3 Å². The number of carbonyl (C=O) groups excluding carboxylic acids is 2. The zero-order chi connectivity index (χ0) is 16.1. The van der Waals surface area contributed by atoms with Crippen LogP contribution in [0.3, 0.4) is 0 Å². The highest BCUT2D eigenvalue weighted by atomic mass is 32.1. The van der Waals surface area contributed by atoms with Gasteiger partial charge in [0.05, 0.1) is 18.8 Å². The molecule has 0 spiro atoms. The molecule has 0 aliphatic carbocycles. The van der Waals surface area contributed by atoms with E-state index in [2.05, 4.69) is 28.6 Å². The van der Waals surface area contributed by atoms with E-state index >= 15 is 0 Å². The lowest BCUT2D eigenvalue weighted by molar-refractivity contribution is -0.123. The zero-order valence-electron chi connectivity index (χ0n) is 12.5. The van der Waals surface area contributed by atoms with Gasteiger partial charge in [0.25, 0.3) is 0 Å². The number of thiazole rings is 1. The molecule has 7 heteroatoms. The quantitative estimate of drug-likeness (QED) is 0.777. The molecule has 116 valence electrons. The molecule has 0 aliphatic heterocycles. The first kappa shape index (κ1) is 16.1. The fraction of sp³-hybridized carbons (Fsp3) is 0.267. The van der Waals surface area contributed by atoms with Crippen molar-refractivity contribution in [2.45, 2.75) is 13.8 Å². The summed E-state index contributed by atoms with van der Waals surface area (Å²) in [5.41, 5.74) is 9.39. The van der Waals surface area contributed by atoms with Crippen molar-refractivity contribution < 1.29 is 9.59 Å². The Morgan fingerprint density at radius 1 is 1.23 bits per heavy atom. The topological polar surface area (TPSA) is 97.1 Å². The predicted molar refractivity (Wildman–Crippen MR) is 87.7 cm³/mol. The van der Waals surface area contributed by atoms with E-state index in [1.807, 2.05) is 24.4 Å².